The van der Waals surface area contributed by atoms with E-state index < -0.39 is 0 Å². The molecule has 2 heterocycles. The van der Waals surface area contributed by atoms with Gasteiger partial charge in [-0.2, -0.15) is 0 Å². The van der Waals surface area contributed by atoms with E-state index in [0.717, 1.165) is 13.2 Å². The van der Waals surface area contributed by atoms with E-state index in [-0.39, 0.29) is 11.9 Å². The standard InChI is InChI=1S/C12H19N3O2S/c1-8(2)10-6-14-12(18-10)15-11(16)5-9-7-17-4-3-13-9/h6,8-9,13H,3-5,7H2,1-2H3,(H,14,15,16). The number of anilines is 1. The van der Waals surface area contributed by atoms with Crippen LogP contribution in [0.5, 0.6) is 0 Å². The Balaban J connectivity index is 1.82. The topological polar surface area (TPSA) is 63.2 Å². The van der Waals surface area contributed by atoms with Gasteiger partial charge in [-0.05, 0) is 5.92 Å². The number of carbonyl (C=O) groups is 1. The monoisotopic (exact) mass is 269 g/mol. The number of rotatable bonds is 4. The van der Waals surface area contributed by atoms with Gasteiger partial charge in [0.15, 0.2) is 5.13 Å². The molecule has 1 saturated heterocycles. The van der Waals surface area contributed by atoms with Crippen molar-refractivity contribution in [1.29, 1.82) is 0 Å². The van der Waals surface area contributed by atoms with Crippen molar-refractivity contribution in [2.24, 2.45) is 0 Å². The number of amides is 1. The highest BCUT2D eigenvalue weighted by atomic mass is 32.1. The summed E-state index contributed by atoms with van der Waals surface area (Å²) < 4.78 is 5.31. The minimum Gasteiger partial charge on any atom is -0.378 e. The third-order valence-electron chi connectivity index (χ3n) is 2.77. The largest absolute Gasteiger partial charge is 0.378 e. The lowest BCUT2D eigenvalue weighted by Crippen LogP contribution is -2.43. The van der Waals surface area contributed by atoms with Crippen LogP contribution in [0.4, 0.5) is 5.13 Å². The van der Waals surface area contributed by atoms with Gasteiger partial charge in [0, 0.05) is 30.1 Å². The van der Waals surface area contributed by atoms with Gasteiger partial charge < -0.3 is 15.4 Å². The van der Waals surface area contributed by atoms with Crippen LogP contribution < -0.4 is 10.6 Å². The summed E-state index contributed by atoms with van der Waals surface area (Å²) in [6.07, 6.45) is 2.25. The highest BCUT2D eigenvalue weighted by molar-refractivity contribution is 7.15. The molecule has 5 nitrogen and oxygen atoms in total. The highest BCUT2D eigenvalue weighted by Crippen LogP contribution is 2.25. The average molecular weight is 269 g/mol. The first-order valence-corrected chi connectivity index (χ1v) is 7.03. The molecule has 0 radical (unpaired) electrons. The molecule has 0 spiro atoms. The molecule has 1 aliphatic heterocycles. The molecule has 1 aromatic rings. The van der Waals surface area contributed by atoms with Crippen molar-refractivity contribution in [3.05, 3.63) is 11.1 Å². The summed E-state index contributed by atoms with van der Waals surface area (Å²) >= 11 is 1.54. The van der Waals surface area contributed by atoms with Crippen molar-refractivity contribution in [2.45, 2.75) is 32.2 Å². The van der Waals surface area contributed by atoms with Crippen molar-refractivity contribution in [1.82, 2.24) is 10.3 Å². The summed E-state index contributed by atoms with van der Waals surface area (Å²) in [5, 5.41) is 6.77. The van der Waals surface area contributed by atoms with E-state index in [2.05, 4.69) is 29.5 Å². The fraction of sp³-hybridized carbons (Fsp3) is 0.667. The molecule has 6 heteroatoms. The number of carbonyl (C=O) groups excluding carboxylic acids is 1. The lowest BCUT2D eigenvalue weighted by atomic mass is 10.2. The molecular formula is C12H19N3O2S. The second kappa shape index (κ2) is 6.26. The molecule has 1 atom stereocenters. The molecule has 0 aliphatic carbocycles. The Labute approximate surface area is 111 Å². The van der Waals surface area contributed by atoms with E-state index in [1.807, 2.05) is 6.20 Å². The van der Waals surface area contributed by atoms with E-state index in [9.17, 15) is 4.79 Å². The number of thiazole rings is 1. The second-order valence-corrected chi connectivity index (χ2v) is 5.76. The van der Waals surface area contributed by atoms with Crippen molar-refractivity contribution >= 4 is 22.4 Å². The van der Waals surface area contributed by atoms with Crippen LogP contribution in [-0.2, 0) is 9.53 Å². The maximum absolute atomic E-state index is 11.8. The number of morpholine rings is 1. The molecule has 2 rings (SSSR count). The molecule has 18 heavy (non-hydrogen) atoms. The number of ether oxygens (including phenoxy) is 1. The van der Waals surface area contributed by atoms with Crippen LogP contribution >= 0.6 is 11.3 Å². The van der Waals surface area contributed by atoms with Gasteiger partial charge in [-0.15, -0.1) is 11.3 Å². The van der Waals surface area contributed by atoms with Gasteiger partial charge in [-0.1, -0.05) is 13.8 Å². The smallest absolute Gasteiger partial charge is 0.227 e. The number of aromatic nitrogens is 1. The Morgan fingerprint density at radius 3 is 3.17 bits per heavy atom. The fourth-order valence-electron chi connectivity index (χ4n) is 1.76. The van der Waals surface area contributed by atoms with Gasteiger partial charge in [0.1, 0.15) is 0 Å². The van der Waals surface area contributed by atoms with E-state index in [1.165, 1.54) is 16.2 Å². The second-order valence-electron chi connectivity index (χ2n) is 4.70. The Kier molecular flexibility index (Phi) is 4.68. The van der Waals surface area contributed by atoms with Crippen LogP contribution in [0.3, 0.4) is 0 Å². The van der Waals surface area contributed by atoms with Gasteiger partial charge in [0.05, 0.1) is 13.2 Å². The quantitative estimate of drug-likeness (QED) is 0.871. The average Bonchev–Trinajstić information content (AvgIpc) is 2.78. The predicted octanol–water partition coefficient (Wildman–Crippen LogP) is 1.58. The van der Waals surface area contributed by atoms with Crippen LogP contribution in [0.25, 0.3) is 0 Å². The lowest BCUT2D eigenvalue weighted by Gasteiger charge is -2.22. The Hall–Kier alpha value is -0.980. The maximum Gasteiger partial charge on any atom is 0.227 e. The molecule has 0 saturated carbocycles. The van der Waals surface area contributed by atoms with Crippen molar-refractivity contribution in [3.8, 4) is 0 Å². The van der Waals surface area contributed by atoms with Crippen molar-refractivity contribution in [2.75, 3.05) is 25.1 Å². The minimum absolute atomic E-state index is 0.0114. The number of hydrogen-bond donors (Lipinski definition) is 2. The molecule has 1 unspecified atom stereocenters. The van der Waals surface area contributed by atoms with Crippen molar-refractivity contribution in [3.63, 3.8) is 0 Å². The summed E-state index contributed by atoms with van der Waals surface area (Å²) in [6, 6.07) is 0.114. The fourth-order valence-corrected chi connectivity index (χ4v) is 2.59. The van der Waals surface area contributed by atoms with Crippen LogP contribution in [0.15, 0.2) is 6.20 Å². The van der Waals surface area contributed by atoms with Gasteiger partial charge in [0.25, 0.3) is 0 Å². The normalized spacial score (nSPS) is 20.1. The highest BCUT2D eigenvalue weighted by Gasteiger charge is 2.17. The van der Waals surface area contributed by atoms with E-state index in [1.54, 1.807) is 0 Å². The molecule has 0 bridgehead atoms. The zero-order valence-electron chi connectivity index (χ0n) is 10.7. The minimum atomic E-state index is -0.0114. The summed E-state index contributed by atoms with van der Waals surface area (Å²) in [5.41, 5.74) is 0. The molecule has 0 aromatic carbocycles. The Morgan fingerprint density at radius 1 is 1.72 bits per heavy atom. The van der Waals surface area contributed by atoms with E-state index in [4.69, 9.17) is 4.74 Å². The van der Waals surface area contributed by atoms with E-state index >= 15 is 0 Å². The summed E-state index contributed by atoms with van der Waals surface area (Å²) in [7, 11) is 0. The molecular weight excluding hydrogens is 250 g/mol. The molecule has 1 aromatic heterocycles. The SMILES string of the molecule is CC(C)c1cnc(NC(=O)CC2COCCN2)s1. The zero-order chi connectivity index (χ0) is 13.0. The molecule has 100 valence electrons. The van der Waals surface area contributed by atoms with Gasteiger partial charge >= 0.3 is 0 Å². The summed E-state index contributed by atoms with van der Waals surface area (Å²) in [6.45, 7) is 6.36. The first kappa shape index (κ1) is 13.5. The zero-order valence-corrected chi connectivity index (χ0v) is 11.5. The Morgan fingerprint density at radius 2 is 2.56 bits per heavy atom. The first-order chi connectivity index (χ1) is 8.65. The molecule has 1 fully saturated rings. The van der Waals surface area contributed by atoms with Crippen LogP contribution in [0.2, 0.25) is 0 Å². The number of hydrogen-bond acceptors (Lipinski definition) is 5. The van der Waals surface area contributed by atoms with Gasteiger partial charge in [-0.3, -0.25) is 4.79 Å². The summed E-state index contributed by atoms with van der Waals surface area (Å²) in [5.74, 6) is 0.434. The van der Waals surface area contributed by atoms with E-state index in [0.29, 0.717) is 24.1 Å². The van der Waals surface area contributed by atoms with Crippen LogP contribution in [0.1, 0.15) is 31.1 Å². The van der Waals surface area contributed by atoms with Gasteiger partial charge in [-0.25, -0.2) is 4.98 Å². The van der Waals surface area contributed by atoms with Crippen LogP contribution in [-0.4, -0.2) is 36.7 Å². The summed E-state index contributed by atoms with van der Waals surface area (Å²) in [4.78, 5) is 17.2. The number of nitrogens with zero attached hydrogens (tertiary/aromatic N) is 1. The maximum atomic E-state index is 11.8. The molecule has 2 N–H and O–H groups in total. The third-order valence-corrected chi connectivity index (χ3v) is 3.98. The Bertz CT molecular complexity index is 400. The van der Waals surface area contributed by atoms with Crippen molar-refractivity contribution < 1.29 is 9.53 Å². The van der Waals surface area contributed by atoms with Gasteiger partial charge in [0.2, 0.25) is 5.91 Å². The molecule has 1 aliphatic rings. The van der Waals surface area contributed by atoms with Crippen LogP contribution in [0, 0.1) is 0 Å². The lowest BCUT2D eigenvalue weighted by molar-refractivity contribution is -0.117. The first-order valence-electron chi connectivity index (χ1n) is 6.22. The third kappa shape index (κ3) is 3.76. The predicted molar refractivity (Wildman–Crippen MR) is 72.1 cm³/mol. The molecule has 1 amide bonds. The number of nitrogens with one attached hydrogen (secondary N) is 2.